The Morgan fingerprint density at radius 1 is 1.02 bits per heavy atom. The van der Waals surface area contributed by atoms with Crippen molar-refractivity contribution in [3.8, 4) is 0 Å². The summed E-state index contributed by atoms with van der Waals surface area (Å²) < 4.78 is 0. The van der Waals surface area contributed by atoms with E-state index in [9.17, 15) is 14.4 Å². The first-order valence-corrected chi connectivity index (χ1v) is 14.4. The Morgan fingerprint density at radius 2 is 1.78 bits per heavy atom. The minimum Gasteiger partial charge on any atom is -0.349 e. The van der Waals surface area contributed by atoms with Crippen molar-refractivity contribution in [3.63, 3.8) is 0 Å². The third-order valence-electron chi connectivity index (χ3n) is 7.90. The number of amides is 3. The molecule has 10 heteroatoms. The van der Waals surface area contributed by atoms with E-state index in [1.54, 1.807) is 84.7 Å². The van der Waals surface area contributed by atoms with Crippen molar-refractivity contribution in [1.29, 1.82) is 0 Å². The van der Waals surface area contributed by atoms with Gasteiger partial charge in [0.05, 0.1) is 23.6 Å². The van der Waals surface area contributed by atoms with Gasteiger partial charge < -0.3 is 9.80 Å². The van der Waals surface area contributed by atoms with Crippen LogP contribution in [0.25, 0.3) is 0 Å². The monoisotopic (exact) mass is 594 g/mol. The molecular formula is C31H32Cl2N4O4. The highest BCUT2D eigenvalue weighted by Crippen LogP contribution is 2.48. The second kappa shape index (κ2) is 12.6. The number of carbonyl (C=O) groups is 3. The zero-order valence-corrected chi connectivity index (χ0v) is 24.4. The Kier molecular flexibility index (Phi) is 8.92. The van der Waals surface area contributed by atoms with Gasteiger partial charge in [-0.1, -0.05) is 66.4 Å². The summed E-state index contributed by atoms with van der Waals surface area (Å²) >= 11 is 13.0. The fourth-order valence-corrected chi connectivity index (χ4v) is 6.58. The molecule has 4 unspecified atom stereocenters. The van der Waals surface area contributed by atoms with Crippen molar-refractivity contribution < 1.29 is 19.2 Å². The molecule has 5 rings (SSSR count). The van der Waals surface area contributed by atoms with Gasteiger partial charge in [-0.05, 0) is 54.3 Å². The van der Waals surface area contributed by atoms with Gasteiger partial charge in [0, 0.05) is 41.9 Å². The van der Waals surface area contributed by atoms with Gasteiger partial charge in [0.25, 0.3) is 11.8 Å². The Bertz CT molecular complexity index is 1430. The summed E-state index contributed by atoms with van der Waals surface area (Å²) in [7, 11) is 3.45. The number of benzene rings is 2. The fourth-order valence-electron chi connectivity index (χ4n) is 6.06. The summed E-state index contributed by atoms with van der Waals surface area (Å²) in [6, 6.07) is 16.3. The number of pyridine rings is 1. The summed E-state index contributed by atoms with van der Waals surface area (Å²) in [5, 5.41) is 0.768. The quantitative estimate of drug-likeness (QED) is 0.361. The van der Waals surface area contributed by atoms with Gasteiger partial charge in [-0.25, -0.2) is 5.48 Å². The first-order valence-electron chi connectivity index (χ1n) is 13.7. The van der Waals surface area contributed by atoms with E-state index in [0.29, 0.717) is 45.3 Å². The number of rotatable bonds is 7. The van der Waals surface area contributed by atoms with E-state index < -0.39 is 29.8 Å². The third kappa shape index (κ3) is 5.96. The minimum absolute atomic E-state index is 0.0398. The molecule has 214 valence electrons. The minimum atomic E-state index is -0.872. The third-order valence-corrected chi connectivity index (χ3v) is 8.47. The molecule has 3 amide bonds. The number of hydrogen-bond donors (Lipinski definition) is 1. The average Bonchev–Trinajstić information content (AvgIpc) is 2.97. The Labute approximate surface area is 249 Å². The van der Waals surface area contributed by atoms with E-state index in [0.717, 1.165) is 12.8 Å². The number of hydrogen-bond acceptors (Lipinski definition) is 5. The summed E-state index contributed by atoms with van der Waals surface area (Å²) in [5.41, 5.74) is 4.81. The van der Waals surface area contributed by atoms with Crippen LogP contribution in [0.5, 0.6) is 0 Å². The summed E-state index contributed by atoms with van der Waals surface area (Å²) in [6.45, 7) is 0.0675. The van der Waals surface area contributed by atoms with Crippen LogP contribution in [0, 0.1) is 5.92 Å². The number of nitrogens with one attached hydrogen (secondary N) is 1. The molecule has 3 aromatic rings. The maximum absolute atomic E-state index is 14.3. The standard InChI is InChI=1S/C31H32Cl2N4O4/c1-36(2)30(39)24-12-5-6-13-26(24)37-28(23-15-14-19(32)17-25(23)33)27(21-10-3-4-11-22(21)31(37)40)29(38)35-41-18-20-9-7-8-16-34-20/h3-4,7-11,14-17,24,26-28H,5-6,12-13,18H2,1-2H3,(H,35,38). The van der Waals surface area contributed by atoms with Crippen molar-refractivity contribution >= 4 is 40.9 Å². The molecule has 2 heterocycles. The Hall–Kier alpha value is -3.46. The molecule has 41 heavy (non-hydrogen) atoms. The van der Waals surface area contributed by atoms with Crippen molar-refractivity contribution in [3.05, 3.63) is 99.3 Å². The zero-order chi connectivity index (χ0) is 29.1. The van der Waals surface area contributed by atoms with Crippen LogP contribution in [-0.4, -0.2) is 52.6 Å². The lowest BCUT2D eigenvalue weighted by molar-refractivity contribution is -0.139. The van der Waals surface area contributed by atoms with Gasteiger partial charge in [-0.15, -0.1) is 0 Å². The summed E-state index contributed by atoms with van der Waals surface area (Å²) in [6.07, 6.45) is 4.67. The first kappa shape index (κ1) is 29.0. The molecule has 8 nitrogen and oxygen atoms in total. The topological polar surface area (TPSA) is 91.8 Å². The van der Waals surface area contributed by atoms with Gasteiger partial charge in [0.1, 0.15) is 6.61 Å². The lowest BCUT2D eigenvalue weighted by Gasteiger charge is -2.49. The fraction of sp³-hybridized carbons (Fsp3) is 0.355. The number of nitrogens with zero attached hydrogens (tertiary/aromatic N) is 3. The predicted molar refractivity (Wildman–Crippen MR) is 156 cm³/mol. The number of hydroxylamine groups is 1. The second-order valence-corrected chi connectivity index (χ2v) is 11.5. The first-order chi connectivity index (χ1) is 19.8. The SMILES string of the molecule is CN(C)C(=O)C1CCCCC1N1C(=O)c2ccccc2C(C(=O)NOCc2ccccn2)C1c1ccc(Cl)cc1Cl. The molecule has 0 spiro atoms. The van der Waals surface area contributed by atoms with Crippen LogP contribution < -0.4 is 5.48 Å². The van der Waals surface area contributed by atoms with E-state index in [2.05, 4.69) is 10.5 Å². The predicted octanol–water partition coefficient (Wildman–Crippen LogP) is 5.56. The molecule has 1 N–H and O–H groups in total. The molecule has 1 fully saturated rings. The van der Waals surface area contributed by atoms with Crippen LogP contribution in [-0.2, 0) is 21.0 Å². The van der Waals surface area contributed by atoms with E-state index in [1.165, 1.54) is 0 Å². The highest BCUT2D eigenvalue weighted by Gasteiger charge is 2.50. The molecule has 1 aromatic heterocycles. The molecule has 1 aliphatic heterocycles. The van der Waals surface area contributed by atoms with Gasteiger partial charge in [0.15, 0.2) is 0 Å². The smallest absolute Gasteiger partial charge is 0.254 e. The molecule has 0 bridgehead atoms. The van der Waals surface area contributed by atoms with Crippen LogP contribution in [0.4, 0.5) is 0 Å². The molecular weight excluding hydrogens is 563 g/mol. The lowest BCUT2D eigenvalue weighted by atomic mass is 9.75. The lowest BCUT2D eigenvalue weighted by Crippen LogP contribution is -2.56. The molecule has 4 atom stereocenters. The van der Waals surface area contributed by atoms with Crippen LogP contribution >= 0.6 is 23.2 Å². The number of fused-ring (bicyclic) bond motifs is 1. The van der Waals surface area contributed by atoms with Crippen LogP contribution in [0.15, 0.2) is 66.9 Å². The molecule has 2 aliphatic rings. The highest BCUT2D eigenvalue weighted by atomic mass is 35.5. The molecule has 1 aliphatic carbocycles. The molecule has 1 saturated carbocycles. The summed E-state index contributed by atoms with van der Waals surface area (Å²) in [5.74, 6) is -2.00. The van der Waals surface area contributed by atoms with Gasteiger partial charge in [0.2, 0.25) is 5.91 Å². The maximum Gasteiger partial charge on any atom is 0.254 e. The van der Waals surface area contributed by atoms with Crippen LogP contribution in [0.2, 0.25) is 10.0 Å². The van der Waals surface area contributed by atoms with Crippen molar-refractivity contribution in [1.82, 2.24) is 20.3 Å². The van der Waals surface area contributed by atoms with Crippen LogP contribution in [0.1, 0.15) is 64.8 Å². The zero-order valence-electron chi connectivity index (χ0n) is 22.9. The number of carbonyl (C=O) groups excluding carboxylic acids is 3. The van der Waals surface area contributed by atoms with Gasteiger partial charge in [-0.2, -0.15) is 0 Å². The van der Waals surface area contributed by atoms with Gasteiger partial charge in [-0.3, -0.25) is 24.2 Å². The van der Waals surface area contributed by atoms with Gasteiger partial charge >= 0.3 is 0 Å². The van der Waals surface area contributed by atoms with Crippen molar-refractivity contribution in [2.75, 3.05) is 14.1 Å². The second-order valence-electron chi connectivity index (χ2n) is 10.7. The van der Waals surface area contributed by atoms with E-state index in [-0.39, 0.29) is 18.4 Å². The molecule has 2 aromatic carbocycles. The largest absolute Gasteiger partial charge is 0.349 e. The molecule has 0 radical (unpaired) electrons. The van der Waals surface area contributed by atoms with E-state index >= 15 is 0 Å². The highest BCUT2D eigenvalue weighted by molar-refractivity contribution is 6.35. The maximum atomic E-state index is 14.3. The number of aromatic nitrogens is 1. The Morgan fingerprint density at radius 3 is 2.51 bits per heavy atom. The Balaban J connectivity index is 1.61. The van der Waals surface area contributed by atoms with Crippen LogP contribution in [0.3, 0.4) is 0 Å². The number of halogens is 2. The molecule has 0 saturated heterocycles. The van der Waals surface area contributed by atoms with E-state index in [4.69, 9.17) is 28.0 Å². The van der Waals surface area contributed by atoms with Crippen molar-refractivity contribution in [2.45, 2.75) is 50.3 Å². The summed E-state index contributed by atoms with van der Waals surface area (Å²) in [4.78, 5) is 54.9. The van der Waals surface area contributed by atoms with Crippen molar-refractivity contribution in [2.24, 2.45) is 5.92 Å². The normalized spacial score (nSPS) is 22.1. The average molecular weight is 596 g/mol. The van der Waals surface area contributed by atoms with E-state index in [1.807, 2.05) is 6.07 Å².